The van der Waals surface area contributed by atoms with E-state index in [1.807, 2.05) is 0 Å². The number of rotatable bonds is 7. The molecule has 1 rings (SSSR count). The first kappa shape index (κ1) is 16.8. The number of hydrogen-bond acceptors (Lipinski definition) is 3. The van der Waals surface area contributed by atoms with Crippen LogP contribution in [-0.4, -0.2) is 54.9 Å². The van der Waals surface area contributed by atoms with Gasteiger partial charge in [-0.25, -0.2) is 9.59 Å². The zero-order valence-corrected chi connectivity index (χ0v) is 12.6. The van der Waals surface area contributed by atoms with Crippen LogP contribution in [0, 0.1) is 11.8 Å². The van der Waals surface area contributed by atoms with E-state index >= 15 is 0 Å². The summed E-state index contributed by atoms with van der Waals surface area (Å²) in [5, 5.41) is 11.7. The minimum atomic E-state index is -0.992. The molecular weight excluding hydrogens is 260 g/mol. The molecule has 0 aliphatic carbocycles. The third-order valence-electron chi connectivity index (χ3n) is 3.89. The van der Waals surface area contributed by atoms with Gasteiger partial charge in [0.25, 0.3) is 0 Å². The highest BCUT2D eigenvalue weighted by Crippen LogP contribution is 2.23. The zero-order chi connectivity index (χ0) is 15.1. The van der Waals surface area contributed by atoms with Crippen molar-refractivity contribution in [1.29, 1.82) is 0 Å². The number of likely N-dealkylation sites (tertiary alicyclic amines) is 1. The van der Waals surface area contributed by atoms with E-state index < -0.39 is 12.0 Å². The monoisotopic (exact) mass is 286 g/mol. The Balaban J connectivity index is 2.44. The minimum absolute atomic E-state index is 0.266. The third kappa shape index (κ3) is 5.00. The van der Waals surface area contributed by atoms with Gasteiger partial charge in [-0.2, -0.15) is 0 Å². The van der Waals surface area contributed by atoms with Crippen molar-refractivity contribution in [2.75, 3.05) is 26.8 Å². The number of hydrogen-bond donors (Lipinski definition) is 2. The zero-order valence-electron chi connectivity index (χ0n) is 12.6. The van der Waals surface area contributed by atoms with Crippen LogP contribution in [0.3, 0.4) is 0 Å². The average molecular weight is 286 g/mol. The molecule has 2 atom stereocenters. The molecule has 0 bridgehead atoms. The van der Waals surface area contributed by atoms with Gasteiger partial charge in [-0.3, -0.25) is 0 Å². The highest BCUT2D eigenvalue weighted by molar-refractivity contribution is 5.82. The van der Waals surface area contributed by atoms with Crippen molar-refractivity contribution in [3.8, 4) is 0 Å². The topological polar surface area (TPSA) is 78.9 Å². The first-order valence-corrected chi connectivity index (χ1v) is 7.22. The lowest BCUT2D eigenvalue weighted by Crippen LogP contribution is -2.47. The molecule has 116 valence electrons. The number of aliphatic carboxylic acids is 1. The first-order valence-electron chi connectivity index (χ1n) is 7.22. The van der Waals surface area contributed by atoms with E-state index in [2.05, 4.69) is 19.2 Å². The van der Waals surface area contributed by atoms with Crippen LogP contribution in [0.15, 0.2) is 0 Å². The van der Waals surface area contributed by atoms with Gasteiger partial charge in [0.15, 0.2) is 0 Å². The SMILES string of the molecule is COCCCC(NC(=O)N1CCC(C(C)C)C1)C(=O)O. The van der Waals surface area contributed by atoms with Crippen LogP contribution in [-0.2, 0) is 9.53 Å². The van der Waals surface area contributed by atoms with E-state index in [1.54, 1.807) is 12.0 Å². The summed E-state index contributed by atoms with van der Waals surface area (Å²) in [5.74, 6) is 0.0661. The number of carboxylic acids is 1. The number of ether oxygens (including phenoxy) is 1. The van der Waals surface area contributed by atoms with Crippen molar-refractivity contribution in [1.82, 2.24) is 10.2 Å². The van der Waals surface area contributed by atoms with Crippen LogP contribution in [0.1, 0.15) is 33.1 Å². The molecular formula is C14H26N2O4. The van der Waals surface area contributed by atoms with Gasteiger partial charge in [0.1, 0.15) is 6.04 Å². The lowest BCUT2D eigenvalue weighted by atomic mass is 9.95. The van der Waals surface area contributed by atoms with Crippen molar-refractivity contribution in [2.24, 2.45) is 11.8 Å². The van der Waals surface area contributed by atoms with E-state index in [-0.39, 0.29) is 6.03 Å². The molecule has 0 aromatic carbocycles. The van der Waals surface area contributed by atoms with Gasteiger partial charge < -0.3 is 20.1 Å². The minimum Gasteiger partial charge on any atom is -0.480 e. The average Bonchev–Trinajstić information content (AvgIpc) is 2.87. The Hall–Kier alpha value is -1.30. The second kappa shape index (κ2) is 8.09. The highest BCUT2D eigenvalue weighted by atomic mass is 16.5. The first-order chi connectivity index (χ1) is 9.45. The number of methoxy groups -OCH3 is 1. The lowest BCUT2D eigenvalue weighted by molar-refractivity contribution is -0.139. The number of nitrogens with one attached hydrogen (secondary N) is 1. The molecule has 1 saturated heterocycles. The molecule has 0 saturated carbocycles. The predicted octanol–water partition coefficient (Wildman–Crippen LogP) is 1.55. The Morgan fingerprint density at radius 2 is 2.15 bits per heavy atom. The van der Waals surface area contributed by atoms with Crippen molar-refractivity contribution in [3.63, 3.8) is 0 Å². The van der Waals surface area contributed by atoms with Gasteiger partial charge in [0.2, 0.25) is 0 Å². The quantitative estimate of drug-likeness (QED) is 0.696. The van der Waals surface area contributed by atoms with Crippen molar-refractivity contribution in [3.05, 3.63) is 0 Å². The molecule has 1 fully saturated rings. The number of nitrogens with zero attached hydrogens (tertiary/aromatic N) is 1. The highest BCUT2D eigenvalue weighted by Gasteiger charge is 2.30. The largest absolute Gasteiger partial charge is 0.480 e. The Morgan fingerprint density at radius 3 is 2.65 bits per heavy atom. The maximum atomic E-state index is 12.1. The maximum Gasteiger partial charge on any atom is 0.326 e. The molecule has 20 heavy (non-hydrogen) atoms. The fraction of sp³-hybridized carbons (Fsp3) is 0.857. The normalized spacial score (nSPS) is 20.2. The second-order valence-electron chi connectivity index (χ2n) is 5.71. The lowest BCUT2D eigenvalue weighted by Gasteiger charge is -2.21. The summed E-state index contributed by atoms with van der Waals surface area (Å²) in [6, 6.07) is -1.10. The van der Waals surface area contributed by atoms with Gasteiger partial charge in [-0.05, 0) is 31.1 Å². The van der Waals surface area contributed by atoms with Crippen LogP contribution in [0.4, 0.5) is 4.79 Å². The van der Waals surface area contributed by atoms with E-state index in [1.165, 1.54) is 0 Å². The molecule has 0 aromatic rings. The van der Waals surface area contributed by atoms with Crippen LogP contribution in [0.5, 0.6) is 0 Å². The van der Waals surface area contributed by atoms with Crippen molar-refractivity contribution >= 4 is 12.0 Å². The molecule has 6 nitrogen and oxygen atoms in total. The van der Waals surface area contributed by atoms with Gasteiger partial charge in [-0.15, -0.1) is 0 Å². The Morgan fingerprint density at radius 1 is 1.45 bits per heavy atom. The summed E-state index contributed by atoms with van der Waals surface area (Å²) >= 11 is 0. The summed E-state index contributed by atoms with van der Waals surface area (Å²) in [5.41, 5.74) is 0. The molecule has 2 amide bonds. The van der Waals surface area contributed by atoms with Gasteiger partial charge in [-0.1, -0.05) is 13.8 Å². The molecule has 1 heterocycles. The van der Waals surface area contributed by atoms with Crippen molar-refractivity contribution < 1.29 is 19.4 Å². The number of carboxylic acid groups (broad SMARTS) is 1. The molecule has 1 aliphatic rings. The standard InChI is InChI=1S/C14H26N2O4/c1-10(2)11-6-7-16(9-11)14(19)15-12(13(17)18)5-4-8-20-3/h10-12H,4-9H2,1-3H3,(H,15,19)(H,17,18). The summed E-state index contributed by atoms with van der Waals surface area (Å²) in [6.45, 7) is 6.22. The van der Waals surface area contributed by atoms with Crippen molar-refractivity contribution in [2.45, 2.75) is 39.2 Å². The number of carbonyl (C=O) groups excluding carboxylic acids is 1. The van der Waals surface area contributed by atoms with Crippen LogP contribution >= 0.6 is 0 Å². The third-order valence-corrected chi connectivity index (χ3v) is 3.89. The maximum absolute atomic E-state index is 12.1. The summed E-state index contributed by atoms with van der Waals surface area (Å²) in [7, 11) is 1.57. The van der Waals surface area contributed by atoms with Gasteiger partial charge in [0, 0.05) is 26.8 Å². The van der Waals surface area contributed by atoms with E-state index in [4.69, 9.17) is 9.84 Å². The molecule has 0 spiro atoms. The second-order valence-corrected chi connectivity index (χ2v) is 5.71. The molecule has 1 aliphatic heterocycles. The fourth-order valence-electron chi connectivity index (χ4n) is 2.45. The summed E-state index contributed by atoms with van der Waals surface area (Å²) in [6.07, 6.45) is 1.99. The van der Waals surface area contributed by atoms with Crippen LogP contribution in [0.2, 0.25) is 0 Å². The molecule has 0 radical (unpaired) electrons. The Kier molecular flexibility index (Phi) is 6.78. The van der Waals surface area contributed by atoms with Gasteiger partial charge >= 0.3 is 12.0 Å². The number of carbonyl (C=O) groups is 2. The predicted molar refractivity (Wildman–Crippen MR) is 75.6 cm³/mol. The smallest absolute Gasteiger partial charge is 0.326 e. The fourth-order valence-corrected chi connectivity index (χ4v) is 2.45. The van der Waals surface area contributed by atoms with Crippen LogP contribution < -0.4 is 5.32 Å². The van der Waals surface area contributed by atoms with E-state index in [0.717, 1.165) is 6.42 Å². The molecule has 6 heteroatoms. The summed E-state index contributed by atoms with van der Waals surface area (Å²) in [4.78, 5) is 24.9. The number of urea groups is 1. The Bertz CT molecular complexity index is 333. The molecule has 2 N–H and O–H groups in total. The molecule has 2 unspecified atom stereocenters. The van der Waals surface area contributed by atoms with E-state index in [9.17, 15) is 9.59 Å². The Labute approximate surface area is 120 Å². The van der Waals surface area contributed by atoms with Gasteiger partial charge in [0.05, 0.1) is 0 Å². The van der Waals surface area contributed by atoms with E-state index in [0.29, 0.717) is 44.4 Å². The molecule has 0 aromatic heterocycles. The summed E-state index contributed by atoms with van der Waals surface area (Å²) < 4.78 is 4.90. The number of amides is 2. The van der Waals surface area contributed by atoms with Crippen LogP contribution in [0.25, 0.3) is 0 Å².